The maximum Gasteiger partial charge on any atom is 0.229 e. The van der Waals surface area contributed by atoms with Crippen molar-refractivity contribution in [3.8, 4) is 0 Å². The molecule has 6 heteroatoms. The van der Waals surface area contributed by atoms with Crippen molar-refractivity contribution < 1.29 is 4.79 Å². The number of nitrogens with zero attached hydrogens (tertiary/aromatic N) is 2. The lowest BCUT2D eigenvalue weighted by atomic mass is 9.81. The molecule has 114 valence electrons. The van der Waals surface area contributed by atoms with Crippen LogP contribution in [0.3, 0.4) is 0 Å². The Hall–Kier alpha value is -0.840. The van der Waals surface area contributed by atoms with E-state index in [-0.39, 0.29) is 36.1 Å². The molecule has 1 aliphatic rings. The summed E-state index contributed by atoms with van der Waals surface area (Å²) in [5, 5.41) is 3.32. The molecule has 1 saturated heterocycles. The van der Waals surface area contributed by atoms with Crippen LogP contribution in [0.1, 0.15) is 25.3 Å². The molecule has 1 amide bonds. The van der Waals surface area contributed by atoms with Gasteiger partial charge in [-0.05, 0) is 37.9 Å². The minimum atomic E-state index is -0.255. The highest BCUT2D eigenvalue weighted by atomic mass is 35.5. The molecule has 0 aromatic carbocycles. The van der Waals surface area contributed by atoms with Gasteiger partial charge in [-0.15, -0.1) is 24.8 Å². The Bertz CT molecular complexity index is 408. The smallest absolute Gasteiger partial charge is 0.229 e. The zero-order valence-electron chi connectivity index (χ0n) is 12.0. The molecule has 0 spiro atoms. The van der Waals surface area contributed by atoms with Crippen molar-refractivity contribution in [2.75, 3.05) is 20.1 Å². The minimum absolute atomic E-state index is 0. The number of aromatic nitrogens is 1. The Morgan fingerprint density at radius 3 is 2.80 bits per heavy atom. The number of hydrogen-bond donors (Lipinski definition) is 1. The van der Waals surface area contributed by atoms with Gasteiger partial charge in [0.25, 0.3) is 0 Å². The summed E-state index contributed by atoms with van der Waals surface area (Å²) in [6.07, 6.45) is 5.60. The van der Waals surface area contributed by atoms with Gasteiger partial charge in [0.15, 0.2) is 0 Å². The van der Waals surface area contributed by atoms with Gasteiger partial charge >= 0.3 is 0 Å². The fourth-order valence-electron chi connectivity index (χ4n) is 2.54. The van der Waals surface area contributed by atoms with Crippen LogP contribution in [-0.2, 0) is 11.3 Å². The molecule has 1 fully saturated rings. The Morgan fingerprint density at radius 1 is 1.50 bits per heavy atom. The summed E-state index contributed by atoms with van der Waals surface area (Å²) in [7, 11) is 1.87. The quantitative estimate of drug-likeness (QED) is 0.929. The number of rotatable bonds is 3. The SMILES string of the molecule is CN(Cc1cccnc1)C(=O)C1(C)CCCNC1.Cl.Cl. The van der Waals surface area contributed by atoms with Crippen LogP contribution in [0.4, 0.5) is 0 Å². The molecule has 1 unspecified atom stereocenters. The van der Waals surface area contributed by atoms with E-state index in [2.05, 4.69) is 17.2 Å². The summed E-state index contributed by atoms with van der Waals surface area (Å²) in [4.78, 5) is 18.4. The zero-order valence-corrected chi connectivity index (χ0v) is 13.6. The van der Waals surface area contributed by atoms with E-state index >= 15 is 0 Å². The molecule has 1 N–H and O–H groups in total. The van der Waals surface area contributed by atoms with E-state index in [1.807, 2.05) is 30.3 Å². The molecule has 1 aromatic heterocycles. The minimum Gasteiger partial charge on any atom is -0.341 e. The van der Waals surface area contributed by atoms with E-state index in [1.54, 1.807) is 6.20 Å². The lowest BCUT2D eigenvalue weighted by Crippen LogP contribution is -2.48. The first kappa shape index (κ1) is 19.2. The van der Waals surface area contributed by atoms with Gasteiger partial charge in [-0.1, -0.05) is 6.07 Å². The fraction of sp³-hybridized carbons (Fsp3) is 0.571. The predicted molar refractivity (Wildman–Crippen MR) is 85.4 cm³/mol. The van der Waals surface area contributed by atoms with E-state index in [1.165, 1.54) is 0 Å². The van der Waals surface area contributed by atoms with Gasteiger partial charge in [0.05, 0.1) is 5.41 Å². The van der Waals surface area contributed by atoms with E-state index in [4.69, 9.17) is 0 Å². The third-order valence-corrected chi connectivity index (χ3v) is 3.60. The summed E-state index contributed by atoms with van der Waals surface area (Å²) in [5.41, 5.74) is 0.815. The molecule has 1 atom stereocenters. The maximum absolute atomic E-state index is 12.5. The lowest BCUT2D eigenvalue weighted by molar-refractivity contribution is -0.141. The second-order valence-corrected chi connectivity index (χ2v) is 5.36. The van der Waals surface area contributed by atoms with Gasteiger partial charge in [0.1, 0.15) is 0 Å². The van der Waals surface area contributed by atoms with Crippen LogP contribution in [-0.4, -0.2) is 35.9 Å². The number of halogens is 2. The molecule has 1 aromatic rings. The fourth-order valence-corrected chi connectivity index (χ4v) is 2.54. The van der Waals surface area contributed by atoms with E-state index in [0.29, 0.717) is 6.54 Å². The zero-order chi connectivity index (χ0) is 13.0. The number of nitrogens with one attached hydrogen (secondary N) is 1. The lowest BCUT2D eigenvalue weighted by Gasteiger charge is -2.36. The first-order chi connectivity index (χ1) is 8.62. The van der Waals surface area contributed by atoms with Crippen molar-refractivity contribution in [2.45, 2.75) is 26.3 Å². The van der Waals surface area contributed by atoms with Crippen LogP contribution < -0.4 is 5.32 Å². The van der Waals surface area contributed by atoms with Crippen LogP contribution in [0.2, 0.25) is 0 Å². The molecule has 0 aliphatic carbocycles. The van der Waals surface area contributed by atoms with E-state index in [0.717, 1.165) is 31.5 Å². The number of carbonyl (C=O) groups is 1. The van der Waals surface area contributed by atoms with Crippen LogP contribution in [0.5, 0.6) is 0 Å². The Morgan fingerprint density at radius 2 is 2.25 bits per heavy atom. The molecule has 0 radical (unpaired) electrons. The van der Waals surface area contributed by atoms with Crippen molar-refractivity contribution in [2.24, 2.45) is 5.41 Å². The number of piperidine rings is 1. The van der Waals surface area contributed by atoms with E-state index < -0.39 is 0 Å². The van der Waals surface area contributed by atoms with Crippen molar-refractivity contribution in [1.82, 2.24) is 15.2 Å². The molecule has 2 rings (SSSR count). The molecule has 20 heavy (non-hydrogen) atoms. The highest BCUT2D eigenvalue weighted by Crippen LogP contribution is 2.28. The van der Waals surface area contributed by atoms with Gasteiger partial charge < -0.3 is 10.2 Å². The molecule has 0 saturated carbocycles. The van der Waals surface area contributed by atoms with Crippen molar-refractivity contribution in [3.63, 3.8) is 0 Å². The van der Waals surface area contributed by atoms with Crippen LogP contribution in [0.15, 0.2) is 24.5 Å². The standard InChI is InChI=1S/C14H21N3O.2ClH/c1-14(6-4-8-16-11-14)13(18)17(2)10-12-5-3-7-15-9-12;;/h3,5,7,9,16H,4,6,8,10-11H2,1-2H3;2*1H. The Balaban J connectivity index is 0.00000180. The third kappa shape index (κ3) is 4.62. The van der Waals surface area contributed by atoms with Crippen molar-refractivity contribution in [3.05, 3.63) is 30.1 Å². The van der Waals surface area contributed by atoms with E-state index in [9.17, 15) is 4.79 Å². The third-order valence-electron chi connectivity index (χ3n) is 3.60. The molecule has 1 aliphatic heterocycles. The van der Waals surface area contributed by atoms with Crippen LogP contribution in [0, 0.1) is 5.41 Å². The average molecular weight is 320 g/mol. The largest absolute Gasteiger partial charge is 0.341 e. The Kier molecular flexibility index (Phi) is 8.09. The molecular formula is C14H23Cl2N3O. The molecule has 4 nitrogen and oxygen atoms in total. The summed E-state index contributed by atoms with van der Waals surface area (Å²) < 4.78 is 0. The summed E-state index contributed by atoms with van der Waals surface area (Å²) in [6.45, 7) is 4.49. The number of hydrogen-bond acceptors (Lipinski definition) is 3. The summed E-state index contributed by atoms with van der Waals surface area (Å²) in [6, 6.07) is 3.90. The Labute approximate surface area is 133 Å². The molecule has 2 heterocycles. The summed E-state index contributed by atoms with van der Waals surface area (Å²) >= 11 is 0. The predicted octanol–water partition coefficient (Wildman–Crippen LogP) is 2.27. The van der Waals surface area contributed by atoms with Crippen LogP contribution in [0.25, 0.3) is 0 Å². The normalized spacial score (nSPS) is 21.3. The van der Waals surface area contributed by atoms with Gasteiger partial charge in [-0.3, -0.25) is 9.78 Å². The van der Waals surface area contributed by atoms with Gasteiger partial charge in [-0.25, -0.2) is 0 Å². The van der Waals surface area contributed by atoms with Gasteiger partial charge in [0.2, 0.25) is 5.91 Å². The van der Waals surface area contributed by atoms with Gasteiger partial charge in [-0.2, -0.15) is 0 Å². The average Bonchev–Trinajstić information content (AvgIpc) is 2.40. The summed E-state index contributed by atoms with van der Waals surface area (Å²) in [5.74, 6) is 0.221. The topological polar surface area (TPSA) is 45.2 Å². The molecular weight excluding hydrogens is 297 g/mol. The number of amides is 1. The number of carbonyl (C=O) groups excluding carboxylic acids is 1. The highest BCUT2D eigenvalue weighted by Gasteiger charge is 2.36. The monoisotopic (exact) mass is 319 g/mol. The first-order valence-corrected chi connectivity index (χ1v) is 6.47. The number of pyridine rings is 1. The van der Waals surface area contributed by atoms with Crippen molar-refractivity contribution in [1.29, 1.82) is 0 Å². The molecule has 0 bridgehead atoms. The highest BCUT2D eigenvalue weighted by molar-refractivity contribution is 5.85. The second kappa shape index (κ2) is 8.45. The maximum atomic E-state index is 12.5. The van der Waals surface area contributed by atoms with Gasteiger partial charge in [0, 0.05) is 32.5 Å². The van der Waals surface area contributed by atoms with Crippen molar-refractivity contribution >= 4 is 30.7 Å². The first-order valence-electron chi connectivity index (χ1n) is 6.47. The second-order valence-electron chi connectivity index (χ2n) is 5.36. The van der Waals surface area contributed by atoms with Crippen LogP contribution >= 0.6 is 24.8 Å².